The Balaban J connectivity index is 2.87. The van der Waals surface area contributed by atoms with E-state index in [-0.39, 0.29) is 0 Å². The molecular formula is C10H11NS2. The van der Waals surface area contributed by atoms with Gasteiger partial charge in [-0.05, 0) is 29.5 Å². The third-order valence-corrected chi connectivity index (χ3v) is 3.78. The fourth-order valence-corrected chi connectivity index (χ4v) is 2.93. The first-order valence-electron chi connectivity index (χ1n) is 4.21. The van der Waals surface area contributed by atoms with Crippen molar-refractivity contribution in [2.45, 2.75) is 18.2 Å². The Morgan fingerprint density at radius 2 is 2.23 bits per heavy atom. The molecule has 0 atom stereocenters. The van der Waals surface area contributed by atoms with E-state index in [0.29, 0.717) is 0 Å². The van der Waals surface area contributed by atoms with Gasteiger partial charge in [-0.1, -0.05) is 6.92 Å². The first-order valence-corrected chi connectivity index (χ1v) is 5.54. The molecule has 0 aliphatic heterocycles. The molecule has 2 aromatic rings. The molecule has 0 unspecified atom stereocenters. The molecule has 68 valence electrons. The van der Waals surface area contributed by atoms with E-state index in [1.165, 1.54) is 15.6 Å². The summed E-state index contributed by atoms with van der Waals surface area (Å²) in [4.78, 5) is 1.02. The van der Waals surface area contributed by atoms with Gasteiger partial charge in [0.2, 0.25) is 0 Å². The second-order valence-electron chi connectivity index (χ2n) is 2.99. The zero-order valence-corrected chi connectivity index (χ0v) is 9.08. The Kier molecular flexibility index (Phi) is 2.22. The minimum Gasteiger partial charge on any atom is -0.398 e. The third-order valence-electron chi connectivity index (χ3n) is 2.19. The number of nitrogen functional groups attached to an aromatic ring is 1. The fourth-order valence-electron chi connectivity index (χ4n) is 1.49. The maximum absolute atomic E-state index is 5.92. The molecule has 0 aliphatic carbocycles. The lowest BCUT2D eigenvalue weighted by Crippen LogP contribution is -1.87. The van der Waals surface area contributed by atoms with E-state index in [1.54, 1.807) is 11.3 Å². The van der Waals surface area contributed by atoms with E-state index in [9.17, 15) is 0 Å². The van der Waals surface area contributed by atoms with E-state index in [4.69, 9.17) is 5.73 Å². The molecule has 13 heavy (non-hydrogen) atoms. The fraction of sp³-hybridized carbons (Fsp3) is 0.200. The van der Waals surface area contributed by atoms with Crippen LogP contribution in [-0.2, 0) is 6.42 Å². The molecule has 2 N–H and O–H groups in total. The summed E-state index contributed by atoms with van der Waals surface area (Å²) in [6.07, 6.45) is 1.03. The molecule has 1 aromatic carbocycles. The van der Waals surface area contributed by atoms with Crippen molar-refractivity contribution in [2.75, 3.05) is 5.73 Å². The molecule has 2 rings (SSSR count). The van der Waals surface area contributed by atoms with Crippen molar-refractivity contribution < 1.29 is 0 Å². The van der Waals surface area contributed by atoms with Crippen LogP contribution in [0.25, 0.3) is 10.1 Å². The maximum atomic E-state index is 5.92. The van der Waals surface area contributed by atoms with Crippen molar-refractivity contribution in [3.63, 3.8) is 0 Å². The molecule has 0 aliphatic rings. The maximum Gasteiger partial charge on any atom is 0.0499 e. The van der Waals surface area contributed by atoms with Crippen molar-refractivity contribution in [1.29, 1.82) is 0 Å². The Morgan fingerprint density at radius 3 is 2.92 bits per heavy atom. The van der Waals surface area contributed by atoms with Crippen molar-refractivity contribution in [1.82, 2.24) is 0 Å². The second-order valence-corrected chi connectivity index (χ2v) is 4.35. The molecule has 3 heteroatoms. The molecule has 0 saturated heterocycles. The summed E-state index contributed by atoms with van der Waals surface area (Å²) in [5.74, 6) is 0. The molecule has 1 nitrogen and oxygen atoms in total. The highest BCUT2D eigenvalue weighted by molar-refractivity contribution is 7.80. The van der Waals surface area contributed by atoms with E-state index in [2.05, 4.69) is 24.9 Å². The number of nitrogens with two attached hydrogens (primary N) is 1. The van der Waals surface area contributed by atoms with Crippen molar-refractivity contribution in [3.8, 4) is 0 Å². The average molecular weight is 209 g/mol. The molecule has 0 fully saturated rings. The van der Waals surface area contributed by atoms with Gasteiger partial charge in [0.1, 0.15) is 0 Å². The van der Waals surface area contributed by atoms with Gasteiger partial charge in [0.15, 0.2) is 0 Å². The van der Waals surface area contributed by atoms with Crippen molar-refractivity contribution in [2.24, 2.45) is 0 Å². The van der Waals surface area contributed by atoms with Crippen LogP contribution in [0.5, 0.6) is 0 Å². The number of benzene rings is 1. The number of aryl methyl sites for hydroxylation is 1. The molecule has 0 bridgehead atoms. The molecule has 0 radical (unpaired) electrons. The minimum absolute atomic E-state index is 0.867. The summed E-state index contributed by atoms with van der Waals surface area (Å²) in [5.41, 5.74) is 8.11. The van der Waals surface area contributed by atoms with E-state index >= 15 is 0 Å². The minimum atomic E-state index is 0.867. The van der Waals surface area contributed by atoms with Gasteiger partial charge in [0.25, 0.3) is 0 Å². The topological polar surface area (TPSA) is 26.0 Å². The number of thiophene rings is 1. The normalized spacial score (nSPS) is 10.9. The van der Waals surface area contributed by atoms with Crippen LogP contribution in [0.2, 0.25) is 0 Å². The average Bonchev–Trinajstić information content (AvgIpc) is 2.56. The number of hydrogen-bond donors (Lipinski definition) is 2. The van der Waals surface area contributed by atoms with Crippen LogP contribution >= 0.6 is 24.0 Å². The molecule has 0 saturated carbocycles. The zero-order chi connectivity index (χ0) is 9.42. The summed E-state index contributed by atoms with van der Waals surface area (Å²) in [6.45, 7) is 2.14. The third kappa shape index (κ3) is 1.32. The van der Waals surface area contributed by atoms with E-state index < -0.39 is 0 Å². The number of anilines is 1. The SMILES string of the molecule is CCc1csc2c(S)ccc(N)c12. The molecule has 0 amide bonds. The Bertz CT molecular complexity index is 445. The summed E-state index contributed by atoms with van der Waals surface area (Å²) in [5, 5.41) is 3.36. The van der Waals surface area contributed by atoms with Gasteiger partial charge in [-0.15, -0.1) is 24.0 Å². The van der Waals surface area contributed by atoms with Crippen LogP contribution in [0.4, 0.5) is 5.69 Å². The number of fused-ring (bicyclic) bond motifs is 1. The highest BCUT2D eigenvalue weighted by atomic mass is 32.1. The van der Waals surface area contributed by atoms with Crippen LogP contribution in [0.3, 0.4) is 0 Å². The van der Waals surface area contributed by atoms with Crippen molar-refractivity contribution in [3.05, 3.63) is 23.1 Å². The Morgan fingerprint density at radius 1 is 1.46 bits per heavy atom. The Labute approximate surface area is 87.0 Å². The second kappa shape index (κ2) is 3.24. The molecule has 1 aromatic heterocycles. The van der Waals surface area contributed by atoms with Crippen LogP contribution in [-0.4, -0.2) is 0 Å². The van der Waals surface area contributed by atoms with Gasteiger partial charge in [0.05, 0.1) is 0 Å². The number of hydrogen-bond acceptors (Lipinski definition) is 3. The molecular weight excluding hydrogens is 198 g/mol. The largest absolute Gasteiger partial charge is 0.398 e. The van der Waals surface area contributed by atoms with Gasteiger partial charge in [-0.25, -0.2) is 0 Å². The molecule has 0 spiro atoms. The van der Waals surface area contributed by atoms with Gasteiger partial charge in [-0.2, -0.15) is 0 Å². The summed E-state index contributed by atoms with van der Waals surface area (Å²) >= 11 is 6.13. The van der Waals surface area contributed by atoms with Crippen LogP contribution in [0.1, 0.15) is 12.5 Å². The summed E-state index contributed by atoms with van der Waals surface area (Å²) in [6, 6.07) is 3.88. The van der Waals surface area contributed by atoms with E-state index in [0.717, 1.165) is 17.0 Å². The van der Waals surface area contributed by atoms with Gasteiger partial charge in [0, 0.05) is 20.7 Å². The van der Waals surface area contributed by atoms with Crippen LogP contribution in [0.15, 0.2) is 22.4 Å². The first-order chi connectivity index (χ1) is 6.24. The van der Waals surface area contributed by atoms with Gasteiger partial charge >= 0.3 is 0 Å². The highest BCUT2D eigenvalue weighted by Gasteiger charge is 2.07. The first kappa shape index (κ1) is 8.91. The Hall–Kier alpha value is -0.670. The summed E-state index contributed by atoms with van der Waals surface area (Å²) < 4.78 is 1.21. The predicted molar refractivity (Wildman–Crippen MR) is 62.9 cm³/mol. The van der Waals surface area contributed by atoms with E-state index in [1.807, 2.05) is 12.1 Å². The van der Waals surface area contributed by atoms with Crippen LogP contribution < -0.4 is 5.73 Å². The lowest BCUT2D eigenvalue weighted by Gasteiger charge is -2.01. The lowest BCUT2D eigenvalue weighted by molar-refractivity contribution is 1.17. The monoisotopic (exact) mass is 209 g/mol. The van der Waals surface area contributed by atoms with Crippen molar-refractivity contribution >= 4 is 39.7 Å². The van der Waals surface area contributed by atoms with Gasteiger partial charge < -0.3 is 5.73 Å². The standard InChI is InChI=1S/C10H11NS2/c1-2-6-5-13-10-8(12)4-3-7(11)9(6)10/h3-5,12H,2,11H2,1H3. The smallest absolute Gasteiger partial charge is 0.0499 e. The number of thiol groups is 1. The quantitative estimate of drug-likeness (QED) is 0.547. The highest BCUT2D eigenvalue weighted by Crippen LogP contribution is 2.35. The lowest BCUT2D eigenvalue weighted by atomic mass is 10.1. The predicted octanol–water partition coefficient (Wildman–Crippen LogP) is 3.33. The zero-order valence-electron chi connectivity index (χ0n) is 7.37. The summed E-state index contributed by atoms with van der Waals surface area (Å²) in [7, 11) is 0. The molecule has 1 heterocycles. The van der Waals surface area contributed by atoms with Gasteiger partial charge in [-0.3, -0.25) is 0 Å². The number of rotatable bonds is 1. The van der Waals surface area contributed by atoms with Crippen LogP contribution in [0, 0.1) is 0 Å².